The van der Waals surface area contributed by atoms with Crippen LogP contribution in [0.3, 0.4) is 0 Å². The van der Waals surface area contributed by atoms with Crippen molar-refractivity contribution in [3.05, 3.63) is 36.4 Å². The molecule has 4 N–H and O–H groups in total. The van der Waals surface area contributed by atoms with Crippen LogP contribution >= 0.6 is 11.8 Å². The molecule has 2 heterocycles. The van der Waals surface area contributed by atoms with E-state index in [9.17, 15) is 4.79 Å². The number of aromatic amines is 1. The first kappa shape index (κ1) is 13.4. The number of H-pyrrole nitrogens is 1. The van der Waals surface area contributed by atoms with Crippen LogP contribution in [0.5, 0.6) is 0 Å². The summed E-state index contributed by atoms with van der Waals surface area (Å²) in [6, 6.07) is 5.17. The molecule has 106 valence electrons. The third-order valence-electron chi connectivity index (χ3n) is 2.89. The first-order valence-corrected chi connectivity index (χ1v) is 6.94. The van der Waals surface area contributed by atoms with Crippen molar-refractivity contribution in [2.75, 3.05) is 12.8 Å². The summed E-state index contributed by atoms with van der Waals surface area (Å²) < 4.78 is 0. The topological polar surface area (TPSA) is 110 Å². The maximum Gasteiger partial charge on any atom is 0.251 e. The highest BCUT2D eigenvalue weighted by atomic mass is 32.2. The molecule has 1 amide bonds. The molecule has 2 aromatic heterocycles. The maximum atomic E-state index is 11.6. The second-order valence-electron chi connectivity index (χ2n) is 4.21. The van der Waals surface area contributed by atoms with E-state index in [1.807, 2.05) is 0 Å². The minimum absolute atomic E-state index is 0.170. The van der Waals surface area contributed by atoms with E-state index in [-0.39, 0.29) is 5.91 Å². The molecular formula is C13H12N6OS. The second kappa shape index (κ2) is 5.41. The molecule has 7 nitrogen and oxygen atoms in total. The summed E-state index contributed by atoms with van der Waals surface area (Å²) in [5.74, 6) is -0.170. The van der Waals surface area contributed by atoms with E-state index in [1.165, 1.54) is 18.1 Å². The number of carbonyl (C=O) groups excluding carboxylic acids is 1. The number of nitrogens with zero attached hydrogens (tertiary/aromatic N) is 3. The third kappa shape index (κ3) is 2.52. The van der Waals surface area contributed by atoms with Gasteiger partial charge in [-0.05, 0) is 18.2 Å². The lowest BCUT2D eigenvalue weighted by Crippen LogP contribution is -2.17. The highest BCUT2D eigenvalue weighted by Crippen LogP contribution is 2.33. The highest BCUT2D eigenvalue weighted by molar-refractivity contribution is 7.99. The van der Waals surface area contributed by atoms with Crippen molar-refractivity contribution >= 4 is 34.5 Å². The Morgan fingerprint density at radius 3 is 2.95 bits per heavy atom. The molecule has 0 bridgehead atoms. The zero-order valence-electron chi connectivity index (χ0n) is 11.1. The van der Waals surface area contributed by atoms with Gasteiger partial charge in [0, 0.05) is 23.2 Å². The molecule has 0 aliphatic carbocycles. The van der Waals surface area contributed by atoms with Gasteiger partial charge in [0.15, 0.2) is 5.65 Å². The molecule has 0 atom stereocenters. The van der Waals surface area contributed by atoms with Gasteiger partial charge >= 0.3 is 0 Å². The Kier molecular flexibility index (Phi) is 3.44. The number of hydrogen-bond acceptors (Lipinski definition) is 6. The second-order valence-corrected chi connectivity index (χ2v) is 5.24. The first-order chi connectivity index (χ1) is 10.2. The van der Waals surface area contributed by atoms with Gasteiger partial charge in [-0.15, -0.1) is 0 Å². The van der Waals surface area contributed by atoms with Gasteiger partial charge in [-0.2, -0.15) is 0 Å². The summed E-state index contributed by atoms with van der Waals surface area (Å²) in [6.07, 6.45) is 3.03. The number of hydrogen-bond donors (Lipinski definition) is 3. The van der Waals surface area contributed by atoms with Gasteiger partial charge in [0.25, 0.3) is 5.91 Å². The predicted molar refractivity (Wildman–Crippen MR) is 80.1 cm³/mol. The number of nitrogen functional groups attached to an aromatic ring is 1. The van der Waals surface area contributed by atoms with Crippen molar-refractivity contribution in [2.45, 2.75) is 9.92 Å². The molecule has 0 radical (unpaired) electrons. The quantitative estimate of drug-likeness (QED) is 0.499. The number of rotatable bonds is 3. The summed E-state index contributed by atoms with van der Waals surface area (Å²) in [5.41, 5.74) is 8.42. The summed E-state index contributed by atoms with van der Waals surface area (Å²) >= 11 is 1.40. The van der Waals surface area contributed by atoms with Crippen LogP contribution in [-0.4, -0.2) is 32.9 Å². The van der Waals surface area contributed by atoms with Crippen molar-refractivity contribution in [3.8, 4) is 0 Å². The number of benzene rings is 1. The lowest BCUT2D eigenvalue weighted by molar-refractivity contribution is 0.0963. The number of aromatic nitrogens is 4. The van der Waals surface area contributed by atoms with Crippen LogP contribution in [0.4, 0.5) is 5.69 Å². The lowest BCUT2D eigenvalue weighted by Gasteiger charge is -2.07. The van der Waals surface area contributed by atoms with Crippen LogP contribution in [0.2, 0.25) is 0 Å². The van der Waals surface area contributed by atoms with Crippen LogP contribution in [0.25, 0.3) is 11.2 Å². The van der Waals surface area contributed by atoms with E-state index < -0.39 is 0 Å². The van der Waals surface area contributed by atoms with E-state index in [1.54, 1.807) is 31.6 Å². The monoisotopic (exact) mass is 300 g/mol. The Bertz CT molecular complexity index is 815. The van der Waals surface area contributed by atoms with E-state index in [2.05, 4.69) is 25.3 Å². The number of nitrogens with two attached hydrogens (primary N) is 1. The first-order valence-electron chi connectivity index (χ1n) is 6.12. The molecule has 21 heavy (non-hydrogen) atoms. The van der Waals surface area contributed by atoms with E-state index >= 15 is 0 Å². The number of fused-ring (bicyclic) bond motifs is 1. The van der Waals surface area contributed by atoms with Crippen LogP contribution in [-0.2, 0) is 0 Å². The molecule has 3 rings (SSSR count). The molecule has 8 heteroatoms. The van der Waals surface area contributed by atoms with Gasteiger partial charge in [-0.3, -0.25) is 4.79 Å². The Balaban J connectivity index is 1.95. The van der Waals surface area contributed by atoms with Gasteiger partial charge in [0.1, 0.15) is 16.9 Å². The molecule has 0 spiro atoms. The fourth-order valence-electron chi connectivity index (χ4n) is 1.85. The van der Waals surface area contributed by atoms with Crippen LogP contribution in [0.15, 0.2) is 40.8 Å². The fourth-order valence-corrected chi connectivity index (χ4v) is 2.72. The largest absolute Gasteiger partial charge is 0.398 e. The predicted octanol–water partition coefficient (Wildman–Crippen LogP) is 1.45. The molecule has 0 aliphatic heterocycles. The molecule has 0 aliphatic rings. The van der Waals surface area contributed by atoms with Crippen molar-refractivity contribution in [3.63, 3.8) is 0 Å². The number of imidazole rings is 1. The minimum Gasteiger partial charge on any atom is -0.398 e. The molecule has 3 aromatic rings. The molecule has 0 saturated carbocycles. The molecule has 1 aromatic carbocycles. The number of nitrogens with one attached hydrogen (secondary N) is 2. The maximum absolute atomic E-state index is 11.6. The molecule has 0 saturated heterocycles. The summed E-state index contributed by atoms with van der Waals surface area (Å²) in [7, 11) is 1.58. The number of amides is 1. The van der Waals surface area contributed by atoms with Crippen LogP contribution in [0.1, 0.15) is 10.4 Å². The van der Waals surface area contributed by atoms with E-state index in [4.69, 9.17) is 5.73 Å². The SMILES string of the molecule is CNC(=O)c1ccc(Sc2ncnc3nc[nH]c23)c(N)c1. The van der Waals surface area contributed by atoms with E-state index in [0.717, 1.165) is 15.4 Å². The van der Waals surface area contributed by atoms with Gasteiger partial charge in [-0.25, -0.2) is 15.0 Å². The van der Waals surface area contributed by atoms with Gasteiger partial charge in [0.2, 0.25) is 0 Å². The molecule has 0 unspecified atom stereocenters. The third-order valence-corrected chi connectivity index (χ3v) is 3.99. The smallest absolute Gasteiger partial charge is 0.251 e. The number of anilines is 1. The summed E-state index contributed by atoms with van der Waals surface area (Å²) in [5, 5.41) is 3.30. The van der Waals surface area contributed by atoms with Crippen molar-refractivity contribution in [1.29, 1.82) is 0 Å². The zero-order valence-corrected chi connectivity index (χ0v) is 11.9. The van der Waals surface area contributed by atoms with E-state index in [0.29, 0.717) is 16.9 Å². The molecular weight excluding hydrogens is 288 g/mol. The Labute approximate surface area is 124 Å². The van der Waals surface area contributed by atoms with Gasteiger partial charge in [-0.1, -0.05) is 11.8 Å². The van der Waals surface area contributed by atoms with Crippen LogP contribution in [0, 0.1) is 0 Å². The Morgan fingerprint density at radius 2 is 2.19 bits per heavy atom. The molecule has 0 fully saturated rings. The normalized spacial score (nSPS) is 10.7. The standard InChI is InChI=1S/C13H12N6OS/c1-15-12(20)7-2-3-9(8(14)4-7)21-13-10-11(17-5-16-10)18-6-19-13/h2-6H,14H2,1H3,(H,15,20)(H,16,17,18,19). The Morgan fingerprint density at radius 1 is 1.33 bits per heavy atom. The average Bonchev–Trinajstić information content (AvgIpc) is 2.98. The zero-order chi connectivity index (χ0) is 14.8. The van der Waals surface area contributed by atoms with Gasteiger partial charge < -0.3 is 16.0 Å². The minimum atomic E-state index is -0.170. The highest BCUT2D eigenvalue weighted by Gasteiger charge is 2.11. The summed E-state index contributed by atoms with van der Waals surface area (Å²) in [4.78, 5) is 27.8. The van der Waals surface area contributed by atoms with Crippen molar-refractivity contribution < 1.29 is 4.79 Å². The number of carbonyl (C=O) groups is 1. The summed E-state index contributed by atoms with van der Waals surface area (Å²) in [6.45, 7) is 0. The van der Waals surface area contributed by atoms with Crippen LogP contribution < -0.4 is 11.1 Å². The Hall–Kier alpha value is -2.61. The fraction of sp³-hybridized carbons (Fsp3) is 0.0769. The lowest BCUT2D eigenvalue weighted by atomic mass is 10.2. The van der Waals surface area contributed by atoms with Gasteiger partial charge in [0.05, 0.1) is 6.33 Å². The van der Waals surface area contributed by atoms with Crippen molar-refractivity contribution in [1.82, 2.24) is 25.3 Å². The average molecular weight is 300 g/mol. The van der Waals surface area contributed by atoms with Crippen molar-refractivity contribution in [2.24, 2.45) is 0 Å².